The number of nitrogens with zero attached hydrogens (tertiary/aromatic N) is 1. The molecule has 3 aliphatic rings. The Morgan fingerprint density at radius 1 is 1.00 bits per heavy atom. The molecule has 0 saturated carbocycles. The van der Waals surface area contributed by atoms with Crippen LogP contribution in [0.3, 0.4) is 0 Å². The van der Waals surface area contributed by atoms with Crippen molar-refractivity contribution < 1.29 is 14.3 Å². The van der Waals surface area contributed by atoms with Gasteiger partial charge in [0.15, 0.2) is 0 Å². The molecule has 4 atom stereocenters. The average molecular weight is 276 g/mol. The third kappa shape index (κ3) is 1.33. The van der Waals surface area contributed by atoms with Gasteiger partial charge in [-0.25, -0.2) is 4.90 Å². The fourth-order valence-electron chi connectivity index (χ4n) is 3.17. The highest BCUT2D eigenvalue weighted by Crippen LogP contribution is 2.47. The van der Waals surface area contributed by atoms with Crippen molar-refractivity contribution in [3.63, 3.8) is 0 Å². The molecule has 2 saturated heterocycles. The van der Waals surface area contributed by atoms with Gasteiger partial charge in [0.25, 0.3) is 0 Å². The van der Waals surface area contributed by atoms with Crippen LogP contribution in [0.25, 0.3) is 0 Å². The Balaban J connectivity index is 1.79. The van der Waals surface area contributed by atoms with Crippen LogP contribution in [0.15, 0.2) is 36.4 Å². The Morgan fingerprint density at radius 2 is 1.58 bits per heavy atom. The van der Waals surface area contributed by atoms with E-state index in [2.05, 4.69) is 0 Å². The maximum atomic E-state index is 12.5. The third-order valence-corrected chi connectivity index (χ3v) is 4.32. The summed E-state index contributed by atoms with van der Waals surface area (Å²) in [5, 5.41) is 0.408. The van der Waals surface area contributed by atoms with Crippen molar-refractivity contribution in [2.75, 3.05) is 4.90 Å². The molecular weight excluding hydrogens is 266 g/mol. The lowest BCUT2D eigenvalue weighted by Crippen LogP contribution is -2.34. The molecule has 2 bridgehead atoms. The number of carbonyl (C=O) groups is 2. The van der Waals surface area contributed by atoms with Gasteiger partial charge in [-0.3, -0.25) is 9.59 Å². The SMILES string of the molecule is O=C1[C@H]2[C@H](C(=O)N1c1ccccc1Cl)[C@H]1C=C[C@H]2O1. The molecule has 0 N–H and O–H groups in total. The van der Waals surface area contributed by atoms with Crippen molar-refractivity contribution in [3.05, 3.63) is 41.4 Å². The molecule has 96 valence electrons. The normalized spacial score (nSPS) is 35.3. The van der Waals surface area contributed by atoms with Gasteiger partial charge in [-0.1, -0.05) is 35.9 Å². The summed E-state index contributed by atoms with van der Waals surface area (Å²) in [5.41, 5.74) is 0.466. The number of para-hydroxylation sites is 1. The zero-order valence-electron chi connectivity index (χ0n) is 9.82. The largest absolute Gasteiger partial charge is 0.365 e. The molecule has 0 aliphatic carbocycles. The quantitative estimate of drug-likeness (QED) is 0.580. The molecule has 4 rings (SSSR count). The second-order valence-corrected chi connectivity index (χ2v) is 5.37. The summed E-state index contributed by atoms with van der Waals surface area (Å²) in [5.74, 6) is -1.20. The fourth-order valence-corrected chi connectivity index (χ4v) is 3.39. The highest BCUT2D eigenvalue weighted by molar-refractivity contribution is 6.36. The molecule has 19 heavy (non-hydrogen) atoms. The maximum Gasteiger partial charge on any atom is 0.240 e. The molecule has 3 heterocycles. The third-order valence-electron chi connectivity index (χ3n) is 4.00. The van der Waals surface area contributed by atoms with Crippen molar-refractivity contribution in [1.29, 1.82) is 0 Å². The first-order valence-corrected chi connectivity index (χ1v) is 6.52. The van der Waals surface area contributed by atoms with Crippen molar-refractivity contribution in [1.82, 2.24) is 0 Å². The second kappa shape index (κ2) is 3.68. The highest BCUT2D eigenvalue weighted by atomic mass is 35.5. The molecule has 0 spiro atoms. The number of halogens is 1. The van der Waals surface area contributed by atoms with Gasteiger partial charge in [-0.05, 0) is 12.1 Å². The number of rotatable bonds is 1. The number of fused-ring (bicyclic) bond motifs is 5. The first-order valence-electron chi connectivity index (χ1n) is 6.14. The van der Waals surface area contributed by atoms with Crippen LogP contribution in [0.2, 0.25) is 5.02 Å². The lowest BCUT2D eigenvalue weighted by molar-refractivity contribution is -0.124. The number of carbonyl (C=O) groups excluding carboxylic acids is 2. The number of imide groups is 1. The summed E-state index contributed by atoms with van der Waals surface area (Å²) >= 11 is 6.09. The summed E-state index contributed by atoms with van der Waals surface area (Å²) in [4.78, 5) is 26.2. The predicted molar refractivity (Wildman–Crippen MR) is 68.7 cm³/mol. The molecule has 2 amide bonds. The maximum absolute atomic E-state index is 12.5. The molecule has 2 fully saturated rings. The molecule has 3 aliphatic heterocycles. The van der Waals surface area contributed by atoms with Crippen molar-refractivity contribution in [2.24, 2.45) is 11.8 Å². The van der Waals surface area contributed by atoms with Gasteiger partial charge in [0.2, 0.25) is 11.8 Å². The van der Waals surface area contributed by atoms with Crippen molar-refractivity contribution in [3.8, 4) is 0 Å². The van der Waals surface area contributed by atoms with E-state index in [1.165, 1.54) is 4.90 Å². The molecule has 0 aromatic heterocycles. The average Bonchev–Trinajstić information content (AvgIpc) is 3.06. The summed E-state index contributed by atoms with van der Waals surface area (Å²) in [7, 11) is 0. The molecule has 0 radical (unpaired) electrons. The summed E-state index contributed by atoms with van der Waals surface area (Å²) in [6.45, 7) is 0. The zero-order valence-corrected chi connectivity index (χ0v) is 10.6. The van der Waals surface area contributed by atoms with Crippen LogP contribution in [0.5, 0.6) is 0 Å². The van der Waals surface area contributed by atoms with Gasteiger partial charge in [-0.2, -0.15) is 0 Å². The van der Waals surface area contributed by atoms with Crippen LogP contribution >= 0.6 is 11.6 Å². The number of benzene rings is 1. The minimum absolute atomic E-state index is 0.208. The van der Waals surface area contributed by atoms with E-state index in [0.717, 1.165) is 0 Å². The number of hydrogen-bond donors (Lipinski definition) is 0. The number of hydrogen-bond acceptors (Lipinski definition) is 3. The van der Waals surface area contributed by atoms with Crippen LogP contribution < -0.4 is 4.90 Å². The molecule has 1 aromatic carbocycles. The standard InChI is InChI=1S/C14H10ClNO3/c15-7-3-1-2-4-8(7)16-13(17)11-9-5-6-10(19-9)12(11)14(16)18/h1-6,9-12H/t9-,10-,11-,12-/m1/s1. The Morgan fingerprint density at radius 3 is 2.16 bits per heavy atom. The molecule has 5 heteroatoms. The van der Waals surface area contributed by atoms with Gasteiger partial charge in [-0.15, -0.1) is 0 Å². The van der Waals surface area contributed by atoms with Crippen molar-refractivity contribution >= 4 is 29.1 Å². The number of ether oxygens (including phenoxy) is 1. The minimum Gasteiger partial charge on any atom is -0.365 e. The van der Waals surface area contributed by atoms with Crippen molar-refractivity contribution in [2.45, 2.75) is 12.2 Å². The van der Waals surface area contributed by atoms with Crippen LogP contribution in [0.4, 0.5) is 5.69 Å². The van der Waals surface area contributed by atoms with E-state index in [9.17, 15) is 9.59 Å². The van der Waals surface area contributed by atoms with E-state index < -0.39 is 11.8 Å². The Hall–Kier alpha value is -1.65. The Kier molecular flexibility index (Phi) is 2.17. The summed E-state index contributed by atoms with van der Waals surface area (Å²) < 4.78 is 5.58. The van der Waals surface area contributed by atoms with Crippen LogP contribution in [-0.2, 0) is 14.3 Å². The lowest BCUT2D eigenvalue weighted by atomic mass is 9.85. The molecular formula is C14H10ClNO3. The number of amides is 2. The topological polar surface area (TPSA) is 46.6 Å². The fraction of sp³-hybridized carbons (Fsp3) is 0.286. The van der Waals surface area contributed by atoms with Gasteiger partial charge in [0, 0.05) is 0 Å². The van der Waals surface area contributed by atoms with E-state index in [-0.39, 0.29) is 24.0 Å². The van der Waals surface area contributed by atoms with Gasteiger partial charge < -0.3 is 4.74 Å². The smallest absolute Gasteiger partial charge is 0.240 e. The molecule has 4 nitrogen and oxygen atoms in total. The monoisotopic (exact) mass is 275 g/mol. The zero-order chi connectivity index (χ0) is 13.1. The summed E-state index contributed by atoms with van der Waals surface area (Å²) in [6, 6.07) is 6.90. The first-order chi connectivity index (χ1) is 9.18. The van der Waals surface area contributed by atoms with Gasteiger partial charge in [0.1, 0.15) is 0 Å². The van der Waals surface area contributed by atoms with E-state index in [0.29, 0.717) is 10.7 Å². The van der Waals surface area contributed by atoms with Gasteiger partial charge in [0.05, 0.1) is 34.8 Å². The van der Waals surface area contributed by atoms with Gasteiger partial charge >= 0.3 is 0 Å². The molecule has 0 unspecified atom stereocenters. The molecule has 1 aromatic rings. The predicted octanol–water partition coefficient (Wildman–Crippen LogP) is 1.78. The lowest BCUT2D eigenvalue weighted by Gasteiger charge is -2.18. The van der Waals surface area contributed by atoms with E-state index in [1.54, 1.807) is 24.3 Å². The second-order valence-electron chi connectivity index (χ2n) is 4.97. The van der Waals surface area contributed by atoms with Crippen LogP contribution in [-0.4, -0.2) is 24.0 Å². The Labute approximate surface area is 114 Å². The minimum atomic E-state index is -0.390. The van der Waals surface area contributed by atoms with E-state index in [4.69, 9.17) is 16.3 Å². The number of anilines is 1. The first kappa shape index (κ1) is 11.2. The van der Waals surface area contributed by atoms with E-state index in [1.807, 2.05) is 12.2 Å². The summed E-state index contributed by atoms with van der Waals surface area (Å²) in [6.07, 6.45) is 3.21. The Bertz CT molecular complexity index is 597. The van der Waals surface area contributed by atoms with E-state index >= 15 is 0 Å². The van der Waals surface area contributed by atoms with Crippen LogP contribution in [0.1, 0.15) is 0 Å². The van der Waals surface area contributed by atoms with Crippen LogP contribution in [0, 0.1) is 11.8 Å². The highest BCUT2D eigenvalue weighted by Gasteiger charge is 2.61.